The summed E-state index contributed by atoms with van der Waals surface area (Å²) in [5, 5.41) is 1.62. The summed E-state index contributed by atoms with van der Waals surface area (Å²) in [7, 11) is 3.61. The summed E-state index contributed by atoms with van der Waals surface area (Å²) in [6.45, 7) is 1.18. The lowest BCUT2D eigenvalue weighted by Crippen LogP contribution is -2.25. The summed E-state index contributed by atoms with van der Waals surface area (Å²) in [5.74, 6) is 2.30. The van der Waals surface area contributed by atoms with Gasteiger partial charge in [0.05, 0.1) is 19.2 Å². The van der Waals surface area contributed by atoms with Gasteiger partial charge in [-0.15, -0.1) is 0 Å². The van der Waals surface area contributed by atoms with Crippen LogP contribution in [0.1, 0.15) is 0 Å². The van der Waals surface area contributed by atoms with Crippen molar-refractivity contribution in [3.05, 3.63) is 53.8 Å². The second kappa shape index (κ2) is 7.36. The second-order valence-corrected chi connectivity index (χ2v) is 5.72. The van der Waals surface area contributed by atoms with Gasteiger partial charge in [0.15, 0.2) is 11.5 Å². The SMILES string of the molecule is COc1ccccc1OCCN(C)c1ncnc2cc(Cl)ccc12. The van der Waals surface area contributed by atoms with Gasteiger partial charge in [0.1, 0.15) is 18.8 Å². The van der Waals surface area contributed by atoms with Gasteiger partial charge in [0.2, 0.25) is 0 Å². The number of nitrogens with zero attached hydrogens (tertiary/aromatic N) is 3. The maximum atomic E-state index is 6.02. The Hall–Kier alpha value is -2.53. The minimum atomic E-state index is 0.510. The van der Waals surface area contributed by atoms with E-state index in [1.807, 2.05) is 54.4 Å². The lowest BCUT2D eigenvalue weighted by Gasteiger charge is -2.20. The molecule has 0 saturated heterocycles. The Morgan fingerprint density at radius 1 is 1.08 bits per heavy atom. The molecule has 0 radical (unpaired) electrons. The van der Waals surface area contributed by atoms with Crippen LogP contribution < -0.4 is 14.4 Å². The highest BCUT2D eigenvalue weighted by Gasteiger charge is 2.10. The van der Waals surface area contributed by atoms with Crippen LogP contribution in [0.2, 0.25) is 5.02 Å². The van der Waals surface area contributed by atoms with Gasteiger partial charge in [-0.2, -0.15) is 0 Å². The van der Waals surface area contributed by atoms with Gasteiger partial charge in [0, 0.05) is 17.5 Å². The third kappa shape index (κ3) is 3.51. The fourth-order valence-corrected chi connectivity index (χ4v) is 2.62. The van der Waals surface area contributed by atoms with Crippen molar-refractivity contribution in [3.63, 3.8) is 0 Å². The first-order valence-corrected chi connectivity index (χ1v) is 7.94. The number of halogens is 1. The standard InChI is InChI=1S/C18H18ClN3O2/c1-22(9-10-24-17-6-4-3-5-16(17)23-2)18-14-8-7-13(19)11-15(14)20-12-21-18/h3-8,11-12H,9-10H2,1-2H3. The Labute approximate surface area is 145 Å². The molecule has 0 atom stereocenters. The summed E-state index contributed by atoms with van der Waals surface area (Å²) >= 11 is 6.02. The number of rotatable bonds is 6. The third-order valence-corrected chi connectivity index (χ3v) is 3.93. The number of hydrogen-bond acceptors (Lipinski definition) is 5. The minimum Gasteiger partial charge on any atom is -0.493 e. The van der Waals surface area contributed by atoms with Crippen LogP contribution in [0.4, 0.5) is 5.82 Å². The Morgan fingerprint density at radius 3 is 2.67 bits per heavy atom. The number of para-hydroxylation sites is 2. The van der Waals surface area contributed by atoms with Gasteiger partial charge in [-0.05, 0) is 30.3 Å². The Morgan fingerprint density at radius 2 is 1.88 bits per heavy atom. The maximum Gasteiger partial charge on any atom is 0.161 e. The van der Waals surface area contributed by atoms with E-state index >= 15 is 0 Å². The van der Waals surface area contributed by atoms with E-state index in [2.05, 4.69) is 9.97 Å². The van der Waals surface area contributed by atoms with Crippen molar-refractivity contribution in [2.24, 2.45) is 0 Å². The van der Waals surface area contributed by atoms with E-state index in [1.54, 1.807) is 13.4 Å². The highest BCUT2D eigenvalue weighted by atomic mass is 35.5. The van der Waals surface area contributed by atoms with Crippen molar-refractivity contribution in [1.82, 2.24) is 9.97 Å². The van der Waals surface area contributed by atoms with E-state index in [4.69, 9.17) is 21.1 Å². The molecule has 0 unspecified atom stereocenters. The molecule has 0 aliphatic rings. The van der Waals surface area contributed by atoms with E-state index in [0.29, 0.717) is 18.2 Å². The number of fused-ring (bicyclic) bond motifs is 1. The predicted octanol–water partition coefficient (Wildman–Crippen LogP) is 3.81. The molecule has 3 rings (SSSR count). The van der Waals surface area contributed by atoms with Crippen LogP contribution >= 0.6 is 11.6 Å². The molecule has 0 bridgehead atoms. The highest BCUT2D eigenvalue weighted by molar-refractivity contribution is 6.31. The first-order valence-electron chi connectivity index (χ1n) is 7.56. The van der Waals surface area contributed by atoms with Gasteiger partial charge in [-0.25, -0.2) is 9.97 Å². The molecule has 0 aliphatic carbocycles. The number of ether oxygens (including phenoxy) is 2. The molecular weight excluding hydrogens is 326 g/mol. The number of aromatic nitrogens is 2. The van der Waals surface area contributed by atoms with Gasteiger partial charge in [0.25, 0.3) is 0 Å². The van der Waals surface area contributed by atoms with Crippen molar-refractivity contribution in [2.45, 2.75) is 0 Å². The molecule has 124 valence electrons. The Kier molecular flexibility index (Phi) is 5.01. The van der Waals surface area contributed by atoms with Crippen LogP contribution in [0.3, 0.4) is 0 Å². The molecule has 0 spiro atoms. The molecule has 0 N–H and O–H groups in total. The monoisotopic (exact) mass is 343 g/mol. The number of benzene rings is 2. The van der Waals surface area contributed by atoms with Gasteiger partial charge < -0.3 is 14.4 Å². The smallest absolute Gasteiger partial charge is 0.161 e. The Balaban J connectivity index is 1.70. The van der Waals surface area contributed by atoms with Crippen LogP contribution in [-0.4, -0.2) is 37.3 Å². The fraction of sp³-hybridized carbons (Fsp3) is 0.222. The average molecular weight is 344 g/mol. The van der Waals surface area contributed by atoms with E-state index in [-0.39, 0.29) is 0 Å². The van der Waals surface area contributed by atoms with Gasteiger partial charge in [-0.1, -0.05) is 23.7 Å². The number of methoxy groups -OCH3 is 1. The fourth-order valence-electron chi connectivity index (χ4n) is 2.46. The molecule has 0 saturated carbocycles. The normalized spacial score (nSPS) is 10.6. The average Bonchev–Trinajstić information content (AvgIpc) is 2.61. The summed E-state index contributed by atoms with van der Waals surface area (Å²) in [5.41, 5.74) is 0.824. The number of hydrogen-bond donors (Lipinski definition) is 0. The molecule has 6 heteroatoms. The summed E-state index contributed by atoms with van der Waals surface area (Å²) < 4.78 is 11.1. The molecule has 0 fully saturated rings. The molecule has 24 heavy (non-hydrogen) atoms. The minimum absolute atomic E-state index is 0.510. The molecule has 3 aromatic rings. The highest BCUT2D eigenvalue weighted by Crippen LogP contribution is 2.27. The zero-order chi connectivity index (χ0) is 16.9. The quantitative estimate of drug-likeness (QED) is 0.681. The Bertz CT molecular complexity index is 841. The van der Waals surface area contributed by atoms with Crippen molar-refractivity contribution in [1.29, 1.82) is 0 Å². The molecule has 1 heterocycles. The van der Waals surface area contributed by atoms with Crippen molar-refractivity contribution >= 4 is 28.3 Å². The topological polar surface area (TPSA) is 47.5 Å². The van der Waals surface area contributed by atoms with Gasteiger partial charge in [-0.3, -0.25) is 0 Å². The van der Waals surface area contributed by atoms with Crippen LogP contribution in [-0.2, 0) is 0 Å². The van der Waals surface area contributed by atoms with E-state index in [9.17, 15) is 0 Å². The van der Waals surface area contributed by atoms with E-state index in [1.165, 1.54) is 0 Å². The number of anilines is 1. The summed E-state index contributed by atoms with van der Waals surface area (Å²) in [6, 6.07) is 13.2. The number of likely N-dealkylation sites (N-methyl/N-ethyl adjacent to an activating group) is 1. The van der Waals surface area contributed by atoms with Crippen LogP contribution in [0.15, 0.2) is 48.8 Å². The van der Waals surface area contributed by atoms with Crippen LogP contribution in [0, 0.1) is 0 Å². The first-order chi connectivity index (χ1) is 11.7. The van der Waals surface area contributed by atoms with Gasteiger partial charge >= 0.3 is 0 Å². The second-order valence-electron chi connectivity index (χ2n) is 5.28. The van der Waals surface area contributed by atoms with Crippen molar-refractivity contribution < 1.29 is 9.47 Å². The van der Waals surface area contributed by atoms with Crippen molar-refractivity contribution in [3.8, 4) is 11.5 Å². The molecule has 5 nitrogen and oxygen atoms in total. The first kappa shape index (κ1) is 16.3. The molecule has 0 amide bonds. The lowest BCUT2D eigenvalue weighted by atomic mass is 10.2. The largest absolute Gasteiger partial charge is 0.493 e. The molecule has 1 aromatic heterocycles. The maximum absolute atomic E-state index is 6.02. The van der Waals surface area contributed by atoms with Crippen molar-refractivity contribution in [2.75, 3.05) is 32.2 Å². The zero-order valence-electron chi connectivity index (χ0n) is 13.6. The summed E-state index contributed by atoms with van der Waals surface area (Å²) in [6.07, 6.45) is 1.55. The van der Waals surface area contributed by atoms with Crippen LogP contribution in [0.25, 0.3) is 10.9 Å². The zero-order valence-corrected chi connectivity index (χ0v) is 14.3. The third-order valence-electron chi connectivity index (χ3n) is 3.69. The molecule has 2 aromatic carbocycles. The van der Waals surface area contributed by atoms with E-state index in [0.717, 1.165) is 28.2 Å². The molecular formula is C18H18ClN3O2. The predicted molar refractivity (Wildman–Crippen MR) is 96.3 cm³/mol. The lowest BCUT2D eigenvalue weighted by molar-refractivity contribution is 0.301. The van der Waals surface area contributed by atoms with E-state index < -0.39 is 0 Å². The molecule has 0 aliphatic heterocycles. The summed E-state index contributed by atoms with van der Waals surface area (Å²) in [4.78, 5) is 10.7. The van der Waals surface area contributed by atoms with Crippen LogP contribution in [0.5, 0.6) is 11.5 Å².